The number of nitrogens with one attached hydrogen (secondary N) is 1. The summed E-state index contributed by atoms with van der Waals surface area (Å²) < 4.78 is 45.0. The number of alkyl halides is 2. The van der Waals surface area contributed by atoms with Crippen LogP contribution < -0.4 is 5.32 Å². The Labute approximate surface area is 232 Å². The van der Waals surface area contributed by atoms with Gasteiger partial charge in [0.25, 0.3) is 5.92 Å². The van der Waals surface area contributed by atoms with Crippen molar-refractivity contribution in [1.82, 2.24) is 20.1 Å². The molecular weight excluding hydrogens is 545 g/mol. The maximum Gasteiger partial charge on any atom is 0.335 e. The number of nitriles is 1. The molecule has 0 spiro atoms. The SMILES string of the molecule is Cc1c(F)cccc1C1N=C(c2nccs2)NC(CN2CC(F)(F)C3C(=O)N(CC(C)(C)C#N)CC32)=C1C(=O)O. The van der Waals surface area contributed by atoms with Gasteiger partial charge in [-0.25, -0.2) is 22.9 Å². The van der Waals surface area contributed by atoms with Crippen molar-refractivity contribution in [1.29, 1.82) is 5.26 Å². The lowest BCUT2D eigenvalue weighted by Crippen LogP contribution is -2.44. The Balaban J connectivity index is 1.54. The van der Waals surface area contributed by atoms with E-state index >= 15 is 8.78 Å². The number of rotatable bonds is 7. The molecule has 0 bridgehead atoms. The van der Waals surface area contributed by atoms with Gasteiger partial charge in [0.05, 0.1) is 23.6 Å². The van der Waals surface area contributed by atoms with E-state index in [9.17, 15) is 24.3 Å². The standard InChI is InChI=1S/C27H27F3N6O3S/c1-14-15(5-4-6-16(14)28)21-19(25(38)39)17(33-22(34-21)23-32-7-8-40-23)9-35-13-27(29,30)20-18(35)10-36(24(20)37)12-26(2,3)11-31/h4-8,18,20-21H,9-10,12-13H2,1-3H3,(H,33,34)(H,38,39). The van der Waals surface area contributed by atoms with E-state index in [1.807, 2.05) is 0 Å². The third-order valence-corrected chi connectivity index (χ3v) is 8.33. The monoisotopic (exact) mass is 572 g/mol. The van der Waals surface area contributed by atoms with Crippen LogP contribution in [0.1, 0.15) is 36.0 Å². The van der Waals surface area contributed by atoms with E-state index in [0.29, 0.717) is 10.6 Å². The lowest BCUT2D eigenvalue weighted by Gasteiger charge is -2.31. The van der Waals surface area contributed by atoms with Crippen molar-refractivity contribution in [3.05, 3.63) is 63.0 Å². The Morgan fingerprint density at radius 1 is 1.38 bits per heavy atom. The van der Waals surface area contributed by atoms with Crippen LogP contribution >= 0.6 is 11.3 Å². The summed E-state index contributed by atoms with van der Waals surface area (Å²) in [5, 5.41) is 24.8. The highest BCUT2D eigenvalue weighted by Gasteiger charge is 2.63. The molecule has 0 aliphatic carbocycles. The van der Waals surface area contributed by atoms with Gasteiger partial charge in [-0.1, -0.05) is 12.1 Å². The molecule has 210 valence electrons. The largest absolute Gasteiger partial charge is 0.478 e. The van der Waals surface area contributed by atoms with Crippen molar-refractivity contribution in [3.63, 3.8) is 0 Å². The number of fused-ring (bicyclic) bond motifs is 1. The number of likely N-dealkylation sites (tertiary alicyclic amines) is 2. The van der Waals surface area contributed by atoms with E-state index in [2.05, 4.69) is 21.4 Å². The second-order valence-corrected chi connectivity index (χ2v) is 11.8. The van der Waals surface area contributed by atoms with Crippen molar-refractivity contribution in [3.8, 4) is 6.07 Å². The van der Waals surface area contributed by atoms with E-state index in [-0.39, 0.29) is 42.3 Å². The highest BCUT2D eigenvalue weighted by Crippen LogP contribution is 2.44. The number of aromatic nitrogens is 1. The van der Waals surface area contributed by atoms with Gasteiger partial charge >= 0.3 is 5.97 Å². The van der Waals surface area contributed by atoms with Crippen molar-refractivity contribution in [2.24, 2.45) is 16.3 Å². The lowest BCUT2D eigenvalue weighted by atomic mass is 9.92. The fraction of sp³-hybridized carbons (Fsp3) is 0.444. The maximum atomic E-state index is 15.3. The number of hydrogen-bond acceptors (Lipinski definition) is 8. The molecule has 5 rings (SSSR count). The van der Waals surface area contributed by atoms with Gasteiger partial charge < -0.3 is 15.3 Å². The zero-order chi connectivity index (χ0) is 29.0. The van der Waals surface area contributed by atoms with Crippen molar-refractivity contribution in [2.75, 3.05) is 26.2 Å². The number of aliphatic carboxylic acids is 1. The summed E-state index contributed by atoms with van der Waals surface area (Å²) >= 11 is 1.25. The number of carboxylic acid groups (broad SMARTS) is 1. The Morgan fingerprint density at radius 3 is 2.77 bits per heavy atom. The molecule has 3 unspecified atom stereocenters. The Bertz CT molecular complexity index is 1470. The molecule has 2 saturated heterocycles. The van der Waals surface area contributed by atoms with Gasteiger partial charge in [0.1, 0.15) is 17.8 Å². The molecule has 40 heavy (non-hydrogen) atoms. The molecular formula is C27H27F3N6O3S. The molecule has 2 aromatic rings. The second-order valence-electron chi connectivity index (χ2n) is 10.9. The summed E-state index contributed by atoms with van der Waals surface area (Å²) in [4.78, 5) is 37.2. The van der Waals surface area contributed by atoms with Crippen LogP contribution in [0.15, 0.2) is 46.0 Å². The molecule has 3 aliphatic rings. The normalized spacial score (nSPS) is 24.5. The zero-order valence-electron chi connectivity index (χ0n) is 22.0. The van der Waals surface area contributed by atoms with Crippen LogP contribution in [0, 0.1) is 35.4 Å². The molecule has 3 atom stereocenters. The van der Waals surface area contributed by atoms with Gasteiger partial charge in [0, 0.05) is 43.0 Å². The Kier molecular flexibility index (Phi) is 6.96. The van der Waals surface area contributed by atoms with Crippen LogP contribution in [0.3, 0.4) is 0 Å². The highest BCUT2D eigenvalue weighted by molar-refractivity contribution is 7.11. The predicted molar refractivity (Wildman–Crippen MR) is 140 cm³/mol. The molecule has 0 radical (unpaired) electrons. The summed E-state index contributed by atoms with van der Waals surface area (Å²) in [5.41, 5.74) is -0.461. The first kappa shape index (κ1) is 27.8. The number of thiazole rings is 1. The summed E-state index contributed by atoms with van der Waals surface area (Å²) in [7, 11) is 0. The van der Waals surface area contributed by atoms with E-state index < -0.39 is 53.6 Å². The van der Waals surface area contributed by atoms with E-state index in [1.54, 1.807) is 31.5 Å². The summed E-state index contributed by atoms with van der Waals surface area (Å²) in [6.45, 7) is 3.80. The van der Waals surface area contributed by atoms with E-state index in [4.69, 9.17) is 0 Å². The number of carboxylic acids is 1. The highest BCUT2D eigenvalue weighted by atomic mass is 32.1. The number of nitrogens with zero attached hydrogens (tertiary/aromatic N) is 5. The molecule has 9 nitrogen and oxygen atoms in total. The average molecular weight is 573 g/mol. The van der Waals surface area contributed by atoms with Crippen LogP contribution in [0.5, 0.6) is 0 Å². The molecule has 2 N–H and O–H groups in total. The summed E-state index contributed by atoms with van der Waals surface area (Å²) in [6.07, 6.45) is 1.55. The molecule has 4 heterocycles. The molecule has 1 aromatic heterocycles. The zero-order valence-corrected chi connectivity index (χ0v) is 22.8. The predicted octanol–water partition coefficient (Wildman–Crippen LogP) is 3.35. The first-order valence-corrected chi connectivity index (χ1v) is 13.5. The van der Waals surface area contributed by atoms with Crippen LogP contribution in [0.25, 0.3) is 0 Å². The summed E-state index contributed by atoms with van der Waals surface area (Å²) in [6, 6.07) is 4.39. The van der Waals surface area contributed by atoms with Gasteiger partial charge in [-0.2, -0.15) is 5.26 Å². The number of halogens is 3. The summed E-state index contributed by atoms with van der Waals surface area (Å²) in [5.74, 6) is -7.29. The number of amidine groups is 1. The van der Waals surface area contributed by atoms with Crippen LogP contribution in [0.2, 0.25) is 0 Å². The minimum Gasteiger partial charge on any atom is -0.478 e. The minimum atomic E-state index is -3.35. The molecule has 1 amide bonds. The van der Waals surface area contributed by atoms with Crippen molar-refractivity contribution >= 4 is 29.0 Å². The Morgan fingerprint density at radius 2 is 2.12 bits per heavy atom. The quantitative estimate of drug-likeness (QED) is 0.522. The number of hydrogen-bond donors (Lipinski definition) is 2. The van der Waals surface area contributed by atoms with Crippen molar-refractivity contribution < 1.29 is 27.9 Å². The van der Waals surface area contributed by atoms with Gasteiger partial charge in [-0.05, 0) is 38.0 Å². The van der Waals surface area contributed by atoms with E-state index in [1.165, 1.54) is 40.2 Å². The van der Waals surface area contributed by atoms with Crippen LogP contribution in [-0.2, 0) is 9.59 Å². The number of benzene rings is 1. The smallest absolute Gasteiger partial charge is 0.335 e. The van der Waals surface area contributed by atoms with Crippen LogP contribution in [0.4, 0.5) is 13.2 Å². The molecule has 13 heteroatoms. The number of carbonyl (C=O) groups is 2. The Hall–Kier alpha value is -3.76. The third-order valence-electron chi connectivity index (χ3n) is 7.55. The fourth-order valence-corrected chi connectivity index (χ4v) is 6.24. The topological polar surface area (TPSA) is 122 Å². The van der Waals surface area contributed by atoms with Crippen LogP contribution in [-0.4, -0.2) is 75.7 Å². The maximum absolute atomic E-state index is 15.3. The second kappa shape index (κ2) is 10.0. The average Bonchev–Trinajstić information content (AvgIpc) is 3.58. The van der Waals surface area contributed by atoms with Gasteiger partial charge in [-0.15, -0.1) is 11.3 Å². The number of carbonyl (C=O) groups excluding carboxylic acids is 1. The van der Waals surface area contributed by atoms with Gasteiger partial charge in [0.2, 0.25) is 5.91 Å². The molecule has 0 saturated carbocycles. The van der Waals surface area contributed by atoms with Crippen molar-refractivity contribution in [2.45, 2.75) is 38.8 Å². The first-order chi connectivity index (χ1) is 18.8. The first-order valence-electron chi connectivity index (χ1n) is 12.6. The number of aliphatic imine (C=N–C) groups is 1. The van der Waals surface area contributed by atoms with E-state index in [0.717, 1.165) is 0 Å². The van der Waals surface area contributed by atoms with Gasteiger partial charge in [0.15, 0.2) is 10.8 Å². The molecule has 2 fully saturated rings. The molecule has 3 aliphatic heterocycles. The third kappa shape index (κ3) is 4.86. The molecule has 1 aromatic carbocycles. The lowest BCUT2D eigenvalue weighted by molar-refractivity contribution is -0.140. The number of amides is 1. The van der Waals surface area contributed by atoms with Gasteiger partial charge in [-0.3, -0.25) is 14.7 Å². The minimum absolute atomic E-state index is 0.00233. The fourth-order valence-electron chi connectivity index (χ4n) is 5.65.